The molecule has 3 rings (SSSR count). The summed E-state index contributed by atoms with van der Waals surface area (Å²) in [7, 11) is 0. The molecule has 0 bridgehead atoms. The summed E-state index contributed by atoms with van der Waals surface area (Å²) in [5.41, 5.74) is 0. The predicted molar refractivity (Wildman–Crippen MR) is 96.3 cm³/mol. The van der Waals surface area contributed by atoms with Crippen molar-refractivity contribution in [1.82, 2.24) is 9.80 Å². The lowest BCUT2D eigenvalue weighted by Crippen LogP contribution is -2.48. The number of hydrogen-bond acceptors (Lipinski definition) is 6. The van der Waals surface area contributed by atoms with Crippen LogP contribution in [0.25, 0.3) is 0 Å². The lowest BCUT2D eigenvalue weighted by molar-refractivity contribution is -0.00618. The van der Waals surface area contributed by atoms with Gasteiger partial charge in [-0.2, -0.15) is 0 Å². The maximum Gasteiger partial charge on any atom is 0.119 e. The minimum absolute atomic E-state index is 0.174. The molecule has 6 heteroatoms. The van der Waals surface area contributed by atoms with Crippen LogP contribution in [0.5, 0.6) is 11.5 Å². The molecule has 140 valence electrons. The van der Waals surface area contributed by atoms with Gasteiger partial charge in [0.1, 0.15) is 18.1 Å². The molecule has 1 N–H and O–H groups in total. The molecule has 0 spiro atoms. The fraction of sp³-hybridized carbons (Fsp3) is 0.684. The molecule has 0 aromatic heterocycles. The molecule has 1 aromatic rings. The Morgan fingerprint density at radius 1 is 1.12 bits per heavy atom. The number of likely N-dealkylation sites (tertiary alicyclic amines) is 1. The highest BCUT2D eigenvalue weighted by Crippen LogP contribution is 2.20. The van der Waals surface area contributed by atoms with Crippen LogP contribution in [0.15, 0.2) is 24.3 Å². The standard InChI is InChI=1S/C19H30N2O4/c1-15(2)25-17-5-3-16(4-6-17)24-12-7-20-13-18(19(22)14-20)21-8-10-23-11-9-21/h3-6,15,18-19,22H,7-14H2,1-2H3/t18-,19-/m0/s1. The van der Waals surface area contributed by atoms with Gasteiger partial charge in [-0.15, -0.1) is 0 Å². The van der Waals surface area contributed by atoms with E-state index in [0.717, 1.165) is 50.9 Å². The summed E-state index contributed by atoms with van der Waals surface area (Å²) in [6.07, 6.45) is -0.113. The summed E-state index contributed by atoms with van der Waals surface area (Å²) in [5, 5.41) is 10.4. The maximum absolute atomic E-state index is 10.4. The summed E-state index contributed by atoms with van der Waals surface area (Å²) >= 11 is 0. The second kappa shape index (κ2) is 8.85. The molecule has 25 heavy (non-hydrogen) atoms. The van der Waals surface area contributed by atoms with Crippen molar-refractivity contribution in [2.24, 2.45) is 0 Å². The highest BCUT2D eigenvalue weighted by molar-refractivity contribution is 5.31. The van der Waals surface area contributed by atoms with Crippen LogP contribution in [0.1, 0.15) is 13.8 Å². The molecule has 2 atom stereocenters. The zero-order valence-electron chi connectivity index (χ0n) is 15.3. The predicted octanol–water partition coefficient (Wildman–Crippen LogP) is 1.23. The summed E-state index contributed by atoms with van der Waals surface area (Å²) in [6, 6.07) is 7.96. The van der Waals surface area contributed by atoms with Gasteiger partial charge in [0, 0.05) is 38.8 Å². The van der Waals surface area contributed by atoms with E-state index in [-0.39, 0.29) is 18.2 Å². The molecule has 2 saturated heterocycles. The van der Waals surface area contributed by atoms with Crippen molar-refractivity contribution in [1.29, 1.82) is 0 Å². The molecule has 0 amide bonds. The lowest BCUT2D eigenvalue weighted by atomic mass is 10.2. The van der Waals surface area contributed by atoms with Gasteiger partial charge < -0.3 is 19.3 Å². The summed E-state index contributed by atoms with van der Waals surface area (Å²) in [4.78, 5) is 4.63. The van der Waals surface area contributed by atoms with Crippen LogP contribution in [0, 0.1) is 0 Å². The van der Waals surface area contributed by atoms with Crippen LogP contribution < -0.4 is 9.47 Å². The van der Waals surface area contributed by atoms with Gasteiger partial charge in [-0.05, 0) is 38.1 Å². The Hall–Kier alpha value is -1.34. The number of β-amino-alcohol motifs (C(OH)–C–C–N with tert-alkyl or cyclic N) is 1. The Morgan fingerprint density at radius 2 is 1.80 bits per heavy atom. The van der Waals surface area contributed by atoms with E-state index in [0.29, 0.717) is 13.2 Å². The van der Waals surface area contributed by atoms with Gasteiger partial charge in [0.2, 0.25) is 0 Å². The van der Waals surface area contributed by atoms with Crippen molar-refractivity contribution in [2.75, 3.05) is 52.5 Å². The Balaban J connectivity index is 1.40. The third-order valence-electron chi connectivity index (χ3n) is 4.72. The summed E-state index contributed by atoms with van der Waals surface area (Å²) in [6.45, 7) is 10.4. The quantitative estimate of drug-likeness (QED) is 0.798. The van der Waals surface area contributed by atoms with E-state index in [4.69, 9.17) is 14.2 Å². The normalized spacial score (nSPS) is 25.4. The zero-order chi connectivity index (χ0) is 17.6. The van der Waals surface area contributed by atoms with Crippen LogP contribution >= 0.6 is 0 Å². The third-order valence-corrected chi connectivity index (χ3v) is 4.72. The van der Waals surface area contributed by atoms with E-state index in [9.17, 15) is 5.11 Å². The first-order valence-electron chi connectivity index (χ1n) is 9.23. The van der Waals surface area contributed by atoms with Crippen molar-refractivity contribution in [2.45, 2.75) is 32.1 Å². The molecule has 0 unspecified atom stereocenters. The lowest BCUT2D eigenvalue weighted by Gasteiger charge is -2.33. The summed E-state index contributed by atoms with van der Waals surface area (Å²) < 4.78 is 16.9. The van der Waals surface area contributed by atoms with Crippen LogP contribution in [0.3, 0.4) is 0 Å². The van der Waals surface area contributed by atoms with Gasteiger partial charge in [-0.1, -0.05) is 0 Å². The van der Waals surface area contributed by atoms with Crippen molar-refractivity contribution < 1.29 is 19.3 Å². The van der Waals surface area contributed by atoms with Gasteiger partial charge in [0.15, 0.2) is 0 Å². The van der Waals surface area contributed by atoms with E-state index >= 15 is 0 Å². The van der Waals surface area contributed by atoms with E-state index in [1.54, 1.807) is 0 Å². The van der Waals surface area contributed by atoms with Crippen LogP contribution in [0.4, 0.5) is 0 Å². The number of benzene rings is 1. The molecule has 2 aliphatic rings. The molecule has 0 radical (unpaired) electrons. The van der Waals surface area contributed by atoms with Crippen molar-refractivity contribution in [3.8, 4) is 11.5 Å². The monoisotopic (exact) mass is 350 g/mol. The average molecular weight is 350 g/mol. The molecule has 2 aliphatic heterocycles. The largest absolute Gasteiger partial charge is 0.492 e. The molecule has 2 heterocycles. The minimum atomic E-state index is -0.287. The van der Waals surface area contributed by atoms with Crippen molar-refractivity contribution in [3.63, 3.8) is 0 Å². The first kappa shape index (κ1) is 18.5. The highest BCUT2D eigenvalue weighted by Gasteiger charge is 2.35. The Morgan fingerprint density at radius 3 is 2.48 bits per heavy atom. The number of rotatable bonds is 7. The van der Waals surface area contributed by atoms with E-state index in [1.165, 1.54) is 0 Å². The second-order valence-corrected chi connectivity index (χ2v) is 7.03. The second-order valence-electron chi connectivity index (χ2n) is 7.03. The number of morpholine rings is 1. The number of ether oxygens (including phenoxy) is 3. The number of aliphatic hydroxyl groups is 1. The van der Waals surface area contributed by atoms with Crippen LogP contribution in [-0.2, 0) is 4.74 Å². The van der Waals surface area contributed by atoms with Gasteiger partial charge in [-0.3, -0.25) is 9.80 Å². The molecule has 0 aliphatic carbocycles. The van der Waals surface area contributed by atoms with Gasteiger partial charge in [-0.25, -0.2) is 0 Å². The van der Waals surface area contributed by atoms with E-state index in [1.807, 2.05) is 38.1 Å². The Bertz CT molecular complexity index is 517. The molecular weight excluding hydrogens is 320 g/mol. The molecule has 1 aromatic carbocycles. The van der Waals surface area contributed by atoms with Crippen molar-refractivity contribution >= 4 is 0 Å². The average Bonchev–Trinajstić information content (AvgIpc) is 2.97. The third kappa shape index (κ3) is 5.31. The molecule has 0 saturated carbocycles. The van der Waals surface area contributed by atoms with E-state index in [2.05, 4.69) is 9.80 Å². The first-order valence-corrected chi connectivity index (χ1v) is 9.23. The maximum atomic E-state index is 10.4. The zero-order valence-corrected chi connectivity index (χ0v) is 15.3. The molecule has 2 fully saturated rings. The van der Waals surface area contributed by atoms with Crippen LogP contribution in [-0.4, -0.2) is 85.7 Å². The molecular formula is C19H30N2O4. The fourth-order valence-electron chi connectivity index (χ4n) is 3.48. The van der Waals surface area contributed by atoms with Gasteiger partial charge >= 0.3 is 0 Å². The summed E-state index contributed by atoms with van der Waals surface area (Å²) in [5.74, 6) is 1.71. The molecule has 6 nitrogen and oxygen atoms in total. The topological polar surface area (TPSA) is 54.4 Å². The SMILES string of the molecule is CC(C)Oc1ccc(OCCN2C[C@H](O)[C@@H](N3CCOCC3)C2)cc1. The highest BCUT2D eigenvalue weighted by atomic mass is 16.5. The smallest absolute Gasteiger partial charge is 0.119 e. The minimum Gasteiger partial charge on any atom is -0.492 e. The Kier molecular flexibility index (Phi) is 6.53. The van der Waals surface area contributed by atoms with E-state index < -0.39 is 0 Å². The van der Waals surface area contributed by atoms with Crippen LogP contribution in [0.2, 0.25) is 0 Å². The van der Waals surface area contributed by atoms with Gasteiger partial charge in [0.05, 0.1) is 25.4 Å². The number of aliphatic hydroxyl groups excluding tert-OH is 1. The van der Waals surface area contributed by atoms with Gasteiger partial charge in [0.25, 0.3) is 0 Å². The van der Waals surface area contributed by atoms with Crippen molar-refractivity contribution in [3.05, 3.63) is 24.3 Å². The first-order chi connectivity index (χ1) is 12.1. The Labute approximate surface area is 150 Å². The number of hydrogen-bond donors (Lipinski definition) is 1. The fourth-order valence-corrected chi connectivity index (χ4v) is 3.48. The number of nitrogens with zero attached hydrogens (tertiary/aromatic N) is 2.